The van der Waals surface area contributed by atoms with Gasteiger partial charge in [0.05, 0.1) is 5.56 Å². The number of benzene rings is 1. The van der Waals surface area contributed by atoms with Gasteiger partial charge in [-0.25, -0.2) is 4.79 Å². The van der Waals surface area contributed by atoms with E-state index in [1.807, 2.05) is 24.3 Å². The Morgan fingerprint density at radius 3 is 2.52 bits per heavy atom. The summed E-state index contributed by atoms with van der Waals surface area (Å²) in [5.74, 6) is 0.777. The van der Waals surface area contributed by atoms with E-state index < -0.39 is 5.97 Å². The second-order valence-electron chi connectivity index (χ2n) is 6.35. The van der Waals surface area contributed by atoms with Crippen LogP contribution in [0.1, 0.15) is 62.4 Å². The molecular weight excluding hydrogens is 264 g/mol. The molecular formula is C18H26O3. The zero-order valence-corrected chi connectivity index (χ0v) is 13.3. The largest absolute Gasteiger partial charge is 0.373 e. The fourth-order valence-electron chi connectivity index (χ4n) is 3.03. The van der Waals surface area contributed by atoms with Gasteiger partial charge in [-0.3, -0.25) is 4.89 Å². The molecule has 0 N–H and O–H groups in total. The SMILES string of the molecule is CCCc1ccc(C(=O)OOC2CCC(C)CC2C)cc1. The standard InChI is InChI=1S/C18H26O3/c1-4-5-15-7-9-16(10-8-15)18(19)21-20-17-11-6-13(2)12-14(17)3/h7-10,13-14,17H,4-6,11-12H2,1-3H3. The van der Waals surface area contributed by atoms with Crippen molar-refractivity contribution >= 4 is 5.97 Å². The van der Waals surface area contributed by atoms with Crippen LogP contribution in [0, 0.1) is 11.8 Å². The van der Waals surface area contributed by atoms with Crippen LogP contribution in [0.4, 0.5) is 0 Å². The monoisotopic (exact) mass is 290 g/mol. The third-order valence-corrected chi connectivity index (χ3v) is 4.33. The average Bonchev–Trinajstić information content (AvgIpc) is 2.47. The van der Waals surface area contributed by atoms with Gasteiger partial charge in [-0.2, -0.15) is 4.89 Å². The molecule has 0 heterocycles. The van der Waals surface area contributed by atoms with Gasteiger partial charge >= 0.3 is 5.97 Å². The number of rotatable bonds is 5. The van der Waals surface area contributed by atoms with Gasteiger partial charge in [-0.15, -0.1) is 0 Å². The van der Waals surface area contributed by atoms with Crippen molar-refractivity contribution in [3.05, 3.63) is 35.4 Å². The summed E-state index contributed by atoms with van der Waals surface area (Å²) in [6.45, 7) is 6.56. The van der Waals surface area contributed by atoms with Crippen LogP contribution in [0.5, 0.6) is 0 Å². The first-order valence-electron chi connectivity index (χ1n) is 8.06. The molecule has 2 rings (SSSR count). The van der Waals surface area contributed by atoms with E-state index in [0.29, 0.717) is 11.5 Å². The normalized spacial score (nSPS) is 25.6. The highest BCUT2D eigenvalue weighted by Crippen LogP contribution is 2.30. The van der Waals surface area contributed by atoms with Crippen LogP contribution < -0.4 is 0 Å². The molecule has 1 aliphatic carbocycles. The summed E-state index contributed by atoms with van der Waals surface area (Å²) >= 11 is 0. The molecule has 1 aliphatic rings. The first-order chi connectivity index (χ1) is 10.1. The first-order valence-corrected chi connectivity index (χ1v) is 8.06. The molecule has 0 aliphatic heterocycles. The predicted octanol–water partition coefficient (Wildman–Crippen LogP) is 4.55. The molecule has 1 fully saturated rings. The van der Waals surface area contributed by atoms with Crippen molar-refractivity contribution in [3.8, 4) is 0 Å². The van der Waals surface area contributed by atoms with Crippen LogP contribution in [-0.4, -0.2) is 12.1 Å². The number of hydrogen-bond acceptors (Lipinski definition) is 3. The maximum absolute atomic E-state index is 12.0. The van der Waals surface area contributed by atoms with Crippen molar-refractivity contribution in [1.29, 1.82) is 0 Å². The molecule has 0 amide bonds. The molecule has 0 bridgehead atoms. The maximum Gasteiger partial charge on any atom is 0.373 e. The lowest BCUT2D eigenvalue weighted by Gasteiger charge is -2.30. The van der Waals surface area contributed by atoms with Crippen LogP contribution in [0.3, 0.4) is 0 Å². The highest BCUT2D eigenvalue weighted by atomic mass is 17.2. The molecule has 21 heavy (non-hydrogen) atoms. The van der Waals surface area contributed by atoms with Gasteiger partial charge in [-0.1, -0.05) is 39.3 Å². The average molecular weight is 290 g/mol. The van der Waals surface area contributed by atoms with E-state index in [1.54, 1.807) is 0 Å². The molecule has 0 radical (unpaired) electrons. The van der Waals surface area contributed by atoms with E-state index in [9.17, 15) is 4.79 Å². The van der Waals surface area contributed by atoms with Crippen molar-refractivity contribution in [2.24, 2.45) is 11.8 Å². The molecule has 3 nitrogen and oxygen atoms in total. The number of aryl methyl sites for hydroxylation is 1. The molecule has 3 unspecified atom stereocenters. The molecule has 0 saturated heterocycles. The Morgan fingerprint density at radius 1 is 1.19 bits per heavy atom. The van der Waals surface area contributed by atoms with Crippen molar-refractivity contribution in [1.82, 2.24) is 0 Å². The van der Waals surface area contributed by atoms with Crippen molar-refractivity contribution in [3.63, 3.8) is 0 Å². The topological polar surface area (TPSA) is 35.5 Å². The van der Waals surface area contributed by atoms with E-state index >= 15 is 0 Å². The number of hydrogen-bond donors (Lipinski definition) is 0. The summed E-state index contributed by atoms with van der Waals surface area (Å²) in [7, 11) is 0. The lowest BCUT2D eigenvalue weighted by molar-refractivity contribution is -0.290. The number of carbonyl (C=O) groups excluding carboxylic acids is 1. The van der Waals surface area contributed by atoms with Gasteiger partial charge < -0.3 is 0 Å². The maximum atomic E-state index is 12.0. The lowest BCUT2D eigenvalue weighted by atomic mass is 9.81. The van der Waals surface area contributed by atoms with Gasteiger partial charge in [0.15, 0.2) is 0 Å². The Labute approximate surface area is 127 Å². The summed E-state index contributed by atoms with van der Waals surface area (Å²) in [5.41, 5.74) is 1.79. The molecule has 0 aromatic heterocycles. The smallest absolute Gasteiger partial charge is 0.293 e. The minimum atomic E-state index is -0.399. The van der Waals surface area contributed by atoms with Crippen LogP contribution in [-0.2, 0) is 16.2 Å². The fraction of sp³-hybridized carbons (Fsp3) is 0.611. The van der Waals surface area contributed by atoms with E-state index in [-0.39, 0.29) is 6.10 Å². The second-order valence-corrected chi connectivity index (χ2v) is 6.35. The summed E-state index contributed by atoms with van der Waals surface area (Å²) in [4.78, 5) is 22.4. The van der Waals surface area contributed by atoms with Gasteiger partial charge in [0.2, 0.25) is 0 Å². The van der Waals surface area contributed by atoms with Gasteiger partial charge in [-0.05, 0) is 55.2 Å². The second kappa shape index (κ2) is 7.60. The highest BCUT2D eigenvalue weighted by Gasteiger charge is 2.28. The minimum absolute atomic E-state index is 0.0320. The zero-order chi connectivity index (χ0) is 15.2. The molecule has 0 spiro atoms. The Balaban J connectivity index is 1.84. The van der Waals surface area contributed by atoms with Gasteiger partial charge in [0.25, 0.3) is 0 Å². The van der Waals surface area contributed by atoms with E-state index in [4.69, 9.17) is 9.78 Å². The van der Waals surface area contributed by atoms with Gasteiger partial charge in [0.1, 0.15) is 6.10 Å². The van der Waals surface area contributed by atoms with Crippen molar-refractivity contribution < 1.29 is 14.6 Å². The molecule has 3 heteroatoms. The first kappa shape index (κ1) is 16.0. The third kappa shape index (κ3) is 4.57. The molecule has 116 valence electrons. The highest BCUT2D eigenvalue weighted by molar-refractivity contribution is 5.88. The summed E-state index contributed by atoms with van der Waals surface area (Å²) in [5, 5.41) is 0. The summed E-state index contributed by atoms with van der Waals surface area (Å²) in [6, 6.07) is 7.57. The van der Waals surface area contributed by atoms with Crippen LogP contribution in [0.25, 0.3) is 0 Å². The van der Waals surface area contributed by atoms with E-state index in [1.165, 1.54) is 5.56 Å². The molecule has 1 aromatic rings. The van der Waals surface area contributed by atoms with E-state index in [2.05, 4.69) is 20.8 Å². The summed E-state index contributed by atoms with van der Waals surface area (Å²) < 4.78 is 0. The predicted molar refractivity (Wildman–Crippen MR) is 82.9 cm³/mol. The van der Waals surface area contributed by atoms with Crippen molar-refractivity contribution in [2.75, 3.05) is 0 Å². The Bertz CT molecular complexity index is 452. The molecule has 1 saturated carbocycles. The quantitative estimate of drug-likeness (QED) is 0.589. The van der Waals surface area contributed by atoms with Gasteiger partial charge in [0, 0.05) is 0 Å². The van der Waals surface area contributed by atoms with Crippen LogP contribution in [0.2, 0.25) is 0 Å². The fourth-order valence-corrected chi connectivity index (χ4v) is 3.03. The lowest BCUT2D eigenvalue weighted by Crippen LogP contribution is -2.29. The van der Waals surface area contributed by atoms with Crippen molar-refractivity contribution in [2.45, 2.75) is 59.0 Å². The van der Waals surface area contributed by atoms with E-state index in [0.717, 1.165) is 38.0 Å². The number of carbonyl (C=O) groups is 1. The minimum Gasteiger partial charge on any atom is -0.293 e. The molecule has 3 atom stereocenters. The third-order valence-electron chi connectivity index (χ3n) is 4.33. The molecule has 1 aromatic carbocycles. The Kier molecular flexibility index (Phi) is 5.80. The van der Waals surface area contributed by atoms with Crippen LogP contribution in [0.15, 0.2) is 24.3 Å². The zero-order valence-electron chi connectivity index (χ0n) is 13.3. The Hall–Kier alpha value is -1.35. The Morgan fingerprint density at radius 2 is 1.90 bits per heavy atom. The summed E-state index contributed by atoms with van der Waals surface area (Å²) in [6.07, 6.45) is 5.40. The van der Waals surface area contributed by atoms with Crippen LogP contribution >= 0.6 is 0 Å².